The molecule has 4 rings (SSSR count). The number of amides is 1. The van der Waals surface area contributed by atoms with Crippen molar-refractivity contribution in [1.82, 2.24) is 15.2 Å². The number of rotatable bonds is 7. The number of fused-ring (bicyclic) bond motifs is 1. The van der Waals surface area contributed by atoms with E-state index in [9.17, 15) is 9.90 Å². The number of nitrogens with one attached hydrogen (secondary N) is 2. The lowest BCUT2D eigenvalue weighted by Gasteiger charge is -2.33. The van der Waals surface area contributed by atoms with E-state index < -0.39 is 6.10 Å². The predicted molar refractivity (Wildman–Crippen MR) is 123 cm³/mol. The summed E-state index contributed by atoms with van der Waals surface area (Å²) in [7, 11) is 0. The normalized spacial score (nSPS) is 16.4. The van der Waals surface area contributed by atoms with Crippen molar-refractivity contribution in [3.05, 3.63) is 64.3 Å². The molecule has 6 nitrogen and oxygen atoms in total. The lowest BCUT2D eigenvalue weighted by Crippen LogP contribution is -2.45. The monoisotopic (exact) mass is 461 g/mol. The van der Waals surface area contributed by atoms with Gasteiger partial charge in [0.1, 0.15) is 11.9 Å². The number of benzene rings is 2. The molecule has 2 aromatic carbocycles. The molecule has 1 atom stereocenters. The van der Waals surface area contributed by atoms with E-state index in [4.69, 9.17) is 27.9 Å². The van der Waals surface area contributed by atoms with E-state index in [1.807, 2.05) is 30.5 Å². The molecule has 1 aromatic heterocycles. The molecule has 0 aliphatic carbocycles. The summed E-state index contributed by atoms with van der Waals surface area (Å²) in [5.74, 6) is 0.525. The second kappa shape index (κ2) is 9.92. The van der Waals surface area contributed by atoms with Crippen LogP contribution in [0.3, 0.4) is 0 Å². The molecule has 0 spiro atoms. The molecule has 1 aliphatic rings. The number of likely N-dealkylation sites (tertiary alicyclic amines) is 1. The van der Waals surface area contributed by atoms with E-state index in [0.29, 0.717) is 27.9 Å². The van der Waals surface area contributed by atoms with E-state index in [1.54, 1.807) is 18.2 Å². The fraction of sp³-hybridized carbons (Fsp3) is 0.348. The van der Waals surface area contributed by atoms with Crippen LogP contribution in [0.25, 0.3) is 10.9 Å². The van der Waals surface area contributed by atoms with Crippen LogP contribution in [0.1, 0.15) is 23.2 Å². The standard InChI is InChI=1S/C23H25Cl2N3O3/c24-20-4-3-19(12-21(20)25)31-18-6-9-28(10-7-18)14-17(29)13-27-23(30)16-2-1-15-5-8-26-22(15)11-16/h1-5,8,11-12,17-18,26,29H,6-7,9-10,13-14H2,(H,27,30)/t17-/m1/s1. The molecule has 0 bridgehead atoms. The van der Waals surface area contributed by atoms with Gasteiger partial charge < -0.3 is 25.0 Å². The van der Waals surface area contributed by atoms with Gasteiger partial charge in [0.05, 0.1) is 16.1 Å². The molecule has 0 radical (unpaired) electrons. The fourth-order valence-corrected chi connectivity index (χ4v) is 4.10. The SMILES string of the molecule is O=C(NC[C@@H](O)CN1CCC(Oc2ccc(Cl)c(Cl)c2)CC1)c1ccc2cc[nH]c2c1. The van der Waals surface area contributed by atoms with Gasteiger partial charge in [0.15, 0.2) is 0 Å². The number of β-amino-alcohol motifs (C(OH)–C–C–N with tert-alkyl or cyclic N) is 1. The summed E-state index contributed by atoms with van der Waals surface area (Å²) in [5, 5.41) is 15.2. The van der Waals surface area contributed by atoms with Gasteiger partial charge in [0, 0.05) is 49.5 Å². The quantitative estimate of drug-likeness (QED) is 0.494. The largest absolute Gasteiger partial charge is 0.490 e. The van der Waals surface area contributed by atoms with Crippen LogP contribution in [-0.4, -0.2) is 59.3 Å². The molecule has 31 heavy (non-hydrogen) atoms. The first-order valence-electron chi connectivity index (χ1n) is 10.4. The first kappa shape index (κ1) is 22.0. The van der Waals surface area contributed by atoms with Gasteiger partial charge in [-0.15, -0.1) is 0 Å². The highest BCUT2D eigenvalue weighted by atomic mass is 35.5. The van der Waals surface area contributed by atoms with Gasteiger partial charge in [0.25, 0.3) is 5.91 Å². The Hall–Kier alpha value is -2.25. The maximum absolute atomic E-state index is 12.4. The maximum Gasteiger partial charge on any atom is 0.251 e. The first-order chi connectivity index (χ1) is 15.0. The predicted octanol–water partition coefficient (Wildman–Crippen LogP) is 4.11. The summed E-state index contributed by atoms with van der Waals surface area (Å²) in [5.41, 5.74) is 1.49. The Kier molecular flexibility index (Phi) is 7.02. The van der Waals surface area contributed by atoms with Gasteiger partial charge in [-0.25, -0.2) is 0 Å². The first-order valence-corrected chi connectivity index (χ1v) is 11.1. The van der Waals surface area contributed by atoms with Crippen LogP contribution in [0.15, 0.2) is 48.7 Å². The molecule has 2 heterocycles. The second-order valence-corrected chi connectivity index (χ2v) is 8.65. The minimum absolute atomic E-state index is 0.105. The molecular formula is C23H25Cl2N3O3. The Bertz CT molecular complexity index is 1050. The molecule has 1 amide bonds. The van der Waals surface area contributed by atoms with E-state index in [2.05, 4.69) is 15.2 Å². The number of hydrogen-bond donors (Lipinski definition) is 3. The number of ether oxygens (including phenoxy) is 1. The van der Waals surface area contributed by atoms with E-state index in [-0.39, 0.29) is 18.6 Å². The molecule has 3 N–H and O–H groups in total. The van der Waals surface area contributed by atoms with Crippen molar-refractivity contribution in [2.24, 2.45) is 0 Å². The van der Waals surface area contributed by atoms with Crippen LogP contribution < -0.4 is 10.1 Å². The zero-order chi connectivity index (χ0) is 21.8. The third-order valence-corrected chi connectivity index (χ3v) is 6.25. The van der Waals surface area contributed by atoms with Crippen LogP contribution in [0.5, 0.6) is 5.75 Å². The molecular weight excluding hydrogens is 437 g/mol. The summed E-state index contributed by atoms with van der Waals surface area (Å²) in [6.45, 7) is 2.36. The van der Waals surface area contributed by atoms with Gasteiger partial charge in [-0.2, -0.15) is 0 Å². The highest BCUT2D eigenvalue weighted by Gasteiger charge is 2.22. The number of H-pyrrole nitrogens is 1. The number of aliphatic hydroxyl groups excluding tert-OH is 1. The molecule has 1 fully saturated rings. The molecule has 164 valence electrons. The van der Waals surface area contributed by atoms with Crippen LogP contribution in [-0.2, 0) is 0 Å². The number of piperidine rings is 1. The maximum atomic E-state index is 12.4. The van der Waals surface area contributed by atoms with E-state index in [1.165, 1.54) is 0 Å². The molecule has 1 saturated heterocycles. The van der Waals surface area contributed by atoms with Gasteiger partial charge in [0.2, 0.25) is 0 Å². The molecule has 3 aromatic rings. The third-order valence-electron chi connectivity index (χ3n) is 5.51. The summed E-state index contributed by atoms with van der Waals surface area (Å²) < 4.78 is 6.01. The molecule has 0 unspecified atom stereocenters. The van der Waals surface area contributed by atoms with Gasteiger partial charge in [-0.3, -0.25) is 4.79 Å². The smallest absolute Gasteiger partial charge is 0.251 e. The van der Waals surface area contributed by atoms with Gasteiger partial charge in [-0.1, -0.05) is 29.3 Å². The van der Waals surface area contributed by atoms with Gasteiger partial charge in [-0.05, 0) is 48.6 Å². The van der Waals surface area contributed by atoms with Gasteiger partial charge >= 0.3 is 0 Å². The van der Waals surface area contributed by atoms with Crippen molar-refractivity contribution in [2.45, 2.75) is 25.0 Å². The second-order valence-electron chi connectivity index (χ2n) is 7.84. The summed E-state index contributed by atoms with van der Waals surface area (Å²) in [6.07, 6.45) is 3.03. The zero-order valence-electron chi connectivity index (χ0n) is 17.0. The van der Waals surface area contributed by atoms with Crippen molar-refractivity contribution in [1.29, 1.82) is 0 Å². The molecule has 0 saturated carbocycles. The number of hydrogen-bond acceptors (Lipinski definition) is 4. The Morgan fingerprint density at radius 2 is 1.97 bits per heavy atom. The van der Waals surface area contributed by atoms with Crippen LogP contribution in [0.4, 0.5) is 0 Å². The number of halogens is 2. The van der Waals surface area contributed by atoms with E-state index >= 15 is 0 Å². The summed E-state index contributed by atoms with van der Waals surface area (Å²) >= 11 is 12.0. The van der Waals surface area contributed by atoms with Crippen molar-refractivity contribution < 1.29 is 14.6 Å². The minimum Gasteiger partial charge on any atom is -0.490 e. The number of aromatic nitrogens is 1. The molecule has 1 aliphatic heterocycles. The number of carbonyl (C=O) groups is 1. The number of nitrogens with zero attached hydrogens (tertiary/aromatic N) is 1. The van der Waals surface area contributed by atoms with Crippen molar-refractivity contribution in [3.8, 4) is 5.75 Å². The average Bonchev–Trinajstić information content (AvgIpc) is 3.24. The van der Waals surface area contributed by atoms with E-state index in [0.717, 1.165) is 36.8 Å². The Morgan fingerprint density at radius 1 is 1.16 bits per heavy atom. The fourth-order valence-electron chi connectivity index (χ4n) is 3.82. The molecule has 8 heteroatoms. The highest BCUT2D eigenvalue weighted by Crippen LogP contribution is 2.28. The zero-order valence-corrected chi connectivity index (χ0v) is 18.5. The average molecular weight is 462 g/mol. The minimum atomic E-state index is -0.634. The van der Waals surface area contributed by atoms with Crippen LogP contribution in [0, 0.1) is 0 Å². The lowest BCUT2D eigenvalue weighted by atomic mass is 10.1. The lowest BCUT2D eigenvalue weighted by molar-refractivity contribution is 0.0594. The summed E-state index contributed by atoms with van der Waals surface area (Å²) in [4.78, 5) is 17.7. The Balaban J connectivity index is 1.19. The Labute approximate surface area is 191 Å². The van der Waals surface area contributed by atoms with Crippen LogP contribution in [0.2, 0.25) is 10.0 Å². The number of aromatic amines is 1. The third kappa shape index (κ3) is 5.71. The van der Waals surface area contributed by atoms with Crippen LogP contribution >= 0.6 is 23.2 Å². The highest BCUT2D eigenvalue weighted by molar-refractivity contribution is 6.42. The van der Waals surface area contributed by atoms with Crippen molar-refractivity contribution >= 4 is 40.0 Å². The number of aliphatic hydroxyl groups is 1. The Morgan fingerprint density at radius 3 is 2.74 bits per heavy atom. The topological polar surface area (TPSA) is 77.6 Å². The number of carbonyl (C=O) groups excluding carboxylic acids is 1. The van der Waals surface area contributed by atoms with Crippen molar-refractivity contribution in [2.75, 3.05) is 26.2 Å². The summed E-state index contributed by atoms with van der Waals surface area (Å²) in [6, 6.07) is 12.7. The van der Waals surface area contributed by atoms with Crippen molar-refractivity contribution in [3.63, 3.8) is 0 Å².